The Morgan fingerprint density at radius 3 is 1.45 bits per heavy atom. The topological polar surface area (TPSA) is 108 Å². The first kappa shape index (κ1) is 55.0. The van der Waals surface area contributed by atoms with Crippen molar-refractivity contribution in [3.05, 3.63) is 60.8 Å². The molecule has 0 fully saturated rings. The summed E-state index contributed by atoms with van der Waals surface area (Å²) in [6.07, 6.45) is 45.7. The van der Waals surface area contributed by atoms with Gasteiger partial charge in [0, 0.05) is 12.8 Å². The van der Waals surface area contributed by atoms with Crippen LogP contribution in [0.25, 0.3) is 0 Å². The molecular weight excluding hydrogens is 731 g/mol. The summed E-state index contributed by atoms with van der Waals surface area (Å²) in [5, 5.41) is 9.63. The molecule has 0 aromatic rings. The average molecular weight is 817 g/mol. The fraction of sp³-hybridized carbons (Fsp3) is 0.735. The number of nitrogens with zero attached hydrogens (tertiary/aromatic N) is 1. The molecule has 0 aliphatic heterocycles. The number of likely N-dealkylation sites (N-methyl/N-ethyl adjacent to an activating group) is 1. The largest absolute Gasteiger partial charge is 0.477 e. The number of hydrogen-bond donors (Lipinski definition) is 1. The first-order chi connectivity index (χ1) is 28.1. The van der Waals surface area contributed by atoms with Crippen molar-refractivity contribution in [1.82, 2.24) is 0 Å². The number of hydrogen-bond acceptors (Lipinski definition) is 7. The van der Waals surface area contributed by atoms with Gasteiger partial charge in [0.05, 0.1) is 34.4 Å². The van der Waals surface area contributed by atoms with Crippen molar-refractivity contribution in [2.24, 2.45) is 0 Å². The van der Waals surface area contributed by atoms with Crippen molar-refractivity contribution < 1.29 is 42.9 Å². The summed E-state index contributed by atoms with van der Waals surface area (Å²) in [6.45, 7) is 4.69. The Morgan fingerprint density at radius 2 is 0.983 bits per heavy atom. The number of rotatable bonds is 41. The van der Waals surface area contributed by atoms with Gasteiger partial charge in [0.1, 0.15) is 13.2 Å². The zero-order valence-corrected chi connectivity index (χ0v) is 37.7. The van der Waals surface area contributed by atoms with Crippen molar-refractivity contribution >= 4 is 17.9 Å². The van der Waals surface area contributed by atoms with Crippen LogP contribution in [0.4, 0.5) is 0 Å². The van der Waals surface area contributed by atoms with Gasteiger partial charge in [-0.15, -0.1) is 0 Å². The Labute approximate surface area is 355 Å². The molecule has 0 saturated heterocycles. The number of carbonyl (C=O) groups is 3. The Kier molecular flexibility index (Phi) is 38.6. The number of aliphatic carboxylic acids is 1. The lowest BCUT2D eigenvalue weighted by Crippen LogP contribution is -2.40. The van der Waals surface area contributed by atoms with E-state index in [2.05, 4.69) is 74.6 Å². The number of esters is 2. The molecule has 2 atom stereocenters. The van der Waals surface area contributed by atoms with E-state index in [0.717, 1.165) is 57.8 Å². The Morgan fingerprint density at radius 1 is 0.534 bits per heavy atom. The van der Waals surface area contributed by atoms with Crippen molar-refractivity contribution in [3.8, 4) is 0 Å². The highest BCUT2D eigenvalue weighted by atomic mass is 16.7. The smallest absolute Gasteiger partial charge is 0.361 e. The first-order valence-corrected chi connectivity index (χ1v) is 23.0. The molecule has 1 N–H and O–H groups in total. The minimum atomic E-state index is -1.52. The highest BCUT2D eigenvalue weighted by molar-refractivity contribution is 5.71. The molecule has 0 aromatic heterocycles. The summed E-state index contributed by atoms with van der Waals surface area (Å²) in [5.74, 6) is -2.09. The van der Waals surface area contributed by atoms with Crippen LogP contribution in [0.2, 0.25) is 0 Å². The summed E-state index contributed by atoms with van der Waals surface area (Å²) in [6, 6.07) is 0. The normalized spacial score (nSPS) is 13.5. The monoisotopic (exact) mass is 817 g/mol. The van der Waals surface area contributed by atoms with Crippen LogP contribution in [-0.2, 0) is 33.3 Å². The van der Waals surface area contributed by atoms with Gasteiger partial charge in [-0.2, -0.15) is 0 Å². The number of carboxylic acids is 1. The minimum Gasteiger partial charge on any atom is -0.477 e. The molecule has 0 aliphatic carbocycles. The van der Waals surface area contributed by atoms with E-state index in [-0.39, 0.29) is 32.2 Å². The molecule has 58 heavy (non-hydrogen) atoms. The van der Waals surface area contributed by atoms with E-state index in [1.54, 1.807) is 0 Å². The summed E-state index contributed by atoms with van der Waals surface area (Å²) < 4.78 is 22.7. The van der Waals surface area contributed by atoms with Gasteiger partial charge in [-0.3, -0.25) is 9.59 Å². The van der Waals surface area contributed by atoms with Gasteiger partial charge in [-0.05, 0) is 51.4 Å². The van der Waals surface area contributed by atoms with E-state index in [1.165, 1.54) is 83.5 Å². The highest BCUT2D eigenvalue weighted by Gasteiger charge is 2.25. The second kappa shape index (κ2) is 40.8. The van der Waals surface area contributed by atoms with Crippen molar-refractivity contribution in [2.45, 2.75) is 187 Å². The number of quaternary nitrogens is 1. The molecule has 0 amide bonds. The van der Waals surface area contributed by atoms with E-state index >= 15 is 0 Å². The lowest BCUT2D eigenvalue weighted by molar-refractivity contribution is -0.870. The van der Waals surface area contributed by atoms with Crippen molar-refractivity contribution in [3.63, 3.8) is 0 Å². The minimum absolute atomic E-state index is 0.176. The van der Waals surface area contributed by atoms with Gasteiger partial charge < -0.3 is 28.5 Å². The molecule has 0 heterocycles. The predicted octanol–water partition coefficient (Wildman–Crippen LogP) is 12.2. The van der Waals surface area contributed by atoms with E-state index in [0.29, 0.717) is 23.9 Å². The molecular formula is C49H86NO8+. The number of unbranched alkanes of at least 4 members (excludes halogenated alkanes) is 16. The summed E-state index contributed by atoms with van der Waals surface area (Å²) in [4.78, 5) is 37.1. The highest BCUT2D eigenvalue weighted by Crippen LogP contribution is 2.15. The lowest BCUT2D eigenvalue weighted by Gasteiger charge is -2.25. The lowest BCUT2D eigenvalue weighted by atomic mass is 10.0. The third kappa shape index (κ3) is 41.2. The summed E-state index contributed by atoms with van der Waals surface area (Å²) in [5.41, 5.74) is 0. The maximum absolute atomic E-state index is 12.7. The third-order valence-corrected chi connectivity index (χ3v) is 9.54. The van der Waals surface area contributed by atoms with Crippen molar-refractivity contribution in [2.75, 3.05) is 47.5 Å². The molecule has 0 radical (unpaired) electrons. The van der Waals surface area contributed by atoms with Gasteiger partial charge in [-0.1, -0.05) is 171 Å². The Balaban J connectivity index is 4.52. The summed E-state index contributed by atoms with van der Waals surface area (Å²) in [7, 11) is 5.93. The zero-order valence-electron chi connectivity index (χ0n) is 37.7. The number of ether oxygens (including phenoxy) is 4. The zero-order chi connectivity index (χ0) is 42.8. The van der Waals surface area contributed by atoms with Crippen LogP contribution < -0.4 is 0 Å². The quantitative estimate of drug-likeness (QED) is 0.0214. The van der Waals surface area contributed by atoms with Gasteiger partial charge in [0.15, 0.2) is 6.10 Å². The average Bonchev–Trinajstić information content (AvgIpc) is 3.18. The fourth-order valence-corrected chi connectivity index (χ4v) is 5.99. The van der Waals surface area contributed by atoms with Crippen LogP contribution in [0.15, 0.2) is 60.8 Å². The van der Waals surface area contributed by atoms with E-state index in [4.69, 9.17) is 18.9 Å². The molecule has 9 nitrogen and oxygen atoms in total. The Hall–Kier alpha value is -3.01. The molecule has 334 valence electrons. The van der Waals surface area contributed by atoms with E-state index < -0.39 is 24.3 Å². The maximum Gasteiger partial charge on any atom is 0.361 e. The summed E-state index contributed by atoms with van der Waals surface area (Å²) >= 11 is 0. The SMILES string of the molecule is CC/C=C\C/C=C\C/C=C\C/C=C\C/C=C\CCCC(=O)OC(COC(=O)CCCCCCCCCCCCCCCCCC)COC(OCC[N+](C)(C)C)C(=O)O. The van der Waals surface area contributed by atoms with Crippen molar-refractivity contribution in [1.29, 1.82) is 0 Å². The van der Waals surface area contributed by atoms with Crippen LogP contribution in [-0.4, -0.2) is 87.4 Å². The molecule has 0 rings (SSSR count). The number of carboxylic acid groups (broad SMARTS) is 1. The van der Waals surface area contributed by atoms with Gasteiger partial charge in [-0.25, -0.2) is 4.79 Å². The van der Waals surface area contributed by atoms with Crippen LogP contribution in [0.1, 0.15) is 174 Å². The first-order valence-electron chi connectivity index (χ1n) is 23.0. The van der Waals surface area contributed by atoms with Crippen LogP contribution in [0.3, 0.4) is 0 Å². The maximum atomic E-state index is 12.7. The standard InChI is InChI=1S/C49H85NO8/c1-6-8-10-12-14-16-18-20-22-24-26-28-30-32-34-36-38-40-47(52)58-45(44-57-49(48(53)54)55-42-41-50(3,4)5)43-56-46(51)39-37-35-33-31-29-27-25-23-21-19-17-15-13-11-9-7-2/h8,10,14,16,20,22,26,28,32,34,45,49H,6-7,9,11-13,15,17-19,21,23-25,27,29-31,33,35-44H2,1-5H3/p+1/b10-8-,16-14-,22-20-,28-26-,34-32-. The molecule has 0 spiro atoms. The van der Waals surface area contributed by atoms with Crippen LogP contribution >= 0.6 is 0 Å². The number of allylic oxidation sites excluding steroid dienone is 10. The second-order valence-electron chi connectivity index (χ2n) is 16.3. The van der Waals surface area contributed by atoms with E-state index in [1.807, 2.05) is 21.1 Å². The molecule has 0 aromatic carbocycles. The second-order valence-corrected chi connectivity index (χ2v) is 16.3. The molecule has 9 heteroatoms. The predicted molar refractivity (Wildman–Crippen MR) is 240 cm³/mol. The fourth-order valence-electron chi connectivity index (χ4n) is 5.99. The van der Waals surface area contributed by atoms with Gasteiger partial charge in [0.25, 0.3) is 6.29 Å². The molecule has 0 bridgehead atoms. The number of carbonyl (C=O) groups excluding carboxylic acids is 2. The van der Waals surface area contributed by atoms with Gasteiger partial charge in [0.2, 0.25) is 0 Å². The third-order valence-electron chi connectivity index (χ3n) is 9.54. The van der Waals surface area contributed by atoms with E-state index in [9.17, 15) is 19.5 Å². The molecule has 0 saturated carbocycles. The Bertz CT molecular complexity index is 1140. The molecule has 2 unspecified atom stereocenters. The molecule has 0 aliphatic rings. The van der Waals surface area contributed by atoms with Crippen LogP contribution in [0.5, 0.6) is 0 Å². The van der Waals surface area contributed by atoms with Gasteiger partial charge >= 0.3 is 17.9 Å². The van der Waals surface area contributed by atoms with Crippen LogP contribution in [0, 0.1) is 0 Å².